The van der Waals surface area contributed by atoms with Gasteiger partial charge in [0.15, 0.2) is 5.03 Å². The van der Waals surface area contributed by atoms with E-state index in [9.17, 15) is 18.3 Å². The monoisotopic (exact) mass is 382 g/mol. The summed E-state index contributed by atoms with van der Waals surface area (Å²) < 4.78 is 27.6. The molecule has 1 aliphatic heterocycles. The molecule has 0 saturated heterocycles. The largest absolute Gasteiger partial charge is 0.464 e. The molecule has 11 heteroatoms. The van der Waals surface area contributed by atoms with E-state index < -0.39 is 16.1 Å². The Hall–Kier alpha value is -2.53. The Morgan fingerprint density at radius 2 is 2.08 bits per heavy atom. The molecule has 2 heterocycles. The fourth-order valence-electron chi connectivity index (χ4n) is 2.31. The van der Waals surface area contributed by atoms with Crippen LogP contribution in [0.25, 0.3) is 0 Å². The molecule has 0 radical (unpaired) electrons. The first kappa shape index (κ1) is 17.3. The first-order valence-electron chi connectivity index (χ1n) is 7.11. The van der Waals surface area contributed by atoms with Crippen LogP contribution in [0.15, 0.2) is 46.7 Å². The second kappa shape index (κ2) is 6.76. The van der Waals surface area contributed by atoms with Crippen LogP contribution in [0.2, 0.25) is 0 Å². The maximum Gasteiger partial charge on any atom is 0.426 e. The van der Waals surface area contributed by atoms with E-state index in [2.05, 4.69) is 10.3 Å². The lowest BCUT2D eigenvalue weighted by Gasteiger charge is -2.20. The van der Waals surface area contributed by atoms with Crippen LogP contribution in [0.1, 0.15) is 5.56 Å². The van der Waals surface area contributed by atoms with Gasteiger partial charge in [-0.25, -0.2) is 4.79 Å². The Kier molecular flexibility index (Phi) is 4.68. The summed E-state index contributed by atoms with van der Waals surface area (Å²) in [7, 11) is -3.01. The Labute approximate surface area is 147 Å². The first-order valence-corrected chi connectivity index (χ1v) is 9.54. The van der Waals surface area contributed by atoms with Crippen molar-refractivity contribution in [1.29, 1.82) is 0 Å². The minimum atomic E-state index is -4.44. The predicted molar refractivity (Wildman–Crippen MR) is 92.3 cm³/mol. The fourth-order valence-corrected chi connectivity index (χ4v) is 4.73. The number of benzene rings is 1. The number of aromatic nitrogens is 2. The Morgan fingerprint density at radius 1 is 1.36 bits per heavy atom. The lowest BCUT2D eigenvalue weighted by molar-refractivity contribution is 0.160. The molecule has 0 saturated carbocycles. The van der Waals surface area contributed by atoms with Gasteiger partial charge in [-0.05, 0) is 12.1 Å². The van der Waals surface area contributed by atoms with Crippen LogP contribution in [0.3, 0.4) is 0 Å². The Balaban J connectivity index is 2.15. The lowest BCUT2D eigenvalue weighted by Crippen LogP contribution is -2.37. The minimum Gasteiger partial charge on any atom is -0.464 e. The van der Waals surface area contributed by atoms with Crippen LogP contribution in [-0.4, -0.2) is 46.8 Å². The zero-order valence-electron chi connectivity index (χ0n) is 13.1. The van der Waals surface area contributed by atoms with E-state index in [1.165, 1.54) is 37.1 Å². The molecule has 25 heavy (non-hydrogen) atoms. The van der Waals surface area contributed by atoms with Gasteiger partial charge >= 0.3 is 6.09 Å². The van der Waals surface area contributed by atoms with Crippen LogP contribution in [0, 0.1) is 0 Å². The molecule has 0 bridgehead atoms. The average molecular weight is 382 g/mol. The Bertz CT molecular complexity index is 924. The zero-order valence-corrected chi connectivity index (χ0v) is 14.7. The summed E-state index contributed by atoms with van der Waals surface area (Å²) in [5.74, 6) is 0.606. The topological polar surface area (TPSA) is 114 Å². The molecule has 2 aromatic rings. The van der Waals surface area contributed by atoms with Crippen LogP contribution in [0.4, 0.5) is 10.5 Å². The van der Waals surface area contributed by atoms with Crippen LogP contribution >= 0.6 is 11.8 Å². The van der Waals surface area contributed by atoms with Crippen molar-refractivity contribution in [1.82, 2.24) is 9.78 Å². The number of oxime groups is 1. The number of carboxylic acid groups (broad SMARTS) is 1. The van der Waals surface area contributed by atoms with Crippen molar-refractivity contribution in [2.75, 3.05) is 16.7 Å². The summed E-state index contributed by atoms with van der Waals surface area (Å²) in [4.78, 5) is 16.7. The molecule has 1 aromatic carbocycles. The van der Waals surface area contributed by atoms with Gasteiger partial charge in [-0.1, -0.05) is 35.1 Å². The number of nitrogens with zero attached hydrogens (tertiary/aromatic N) is 4. The fraction of sp³-hybridized carbons (Fsp3) is 0.214. The van der Waals surface area contributed by atoms with E-state index in [1.54, 1.807) is 18.2 Å². The molecule has 0 fully saturated rings. The molecule has 1 aliphatic rings. The molecule has 0 spiro atoms. The molecule has 0 atom stereocenters. The molecule has 0 unspecified atom stereocenters. The number of hydrogen-bond donors (Lipinski definition) is 1. The Morgan fingerprint density at radius 3 is 2.68 bits per heavy atom. The first-order chi connectivity index (χ1) is 11.9. The number of sulfonamides is 1. The van der Waals surface area contributed by atoms with Gasteiger partial charge in [0.1, 0.15) is 11.7 Å². The van der Waals surface area contributed by atoms with E-state index in [4.69, 9.17) is 4.84 Å². The lowest BCUT2D eigenvalue weighted by atomic mass is 10.3. The second-order valence-electron chi connectivity index (χ2n) is 4.95. The van der Waals surface area contributed by atoms with E-state index in [0.29, 0.717) is 21.7 Å². The number of rotatable bonds is 4. The maximum absolute atomic E-state index is 13.1. The minimum absolute atomic E-state index is 0.0108. The van der Waals surface area contributed by atoms with Crippen molar-refractivity contribution in [2.45, 2.75) is 5.03 Å². The van der Waals surface area contributed by atoms with Crippen molar-refractivity contribution >= 4 is 38.6 Å². The van der Waals surface area contributed by atoms with Crippen LogP contribution in [-0.2, 0) is 21.9 Å². The molecule has 0 aliphatic carbocycles. The van der Waals surface area contributed by atoms with Crippen molar-refractivity contribution in [2.24, 2.45) is 12.2 Å². The van der Waals surface area contributed by atoms with Gasteiger partial charge < -0.3 is 9.94 Å². The molecule has 3 rings (SSSR count). The second-order valence-corrected chi connectivity index (χ2v) is 7.74. The average Bonchev–Trinajstić information content (AvgIpc) is 2.98. The van der Waals surface area contributed by atoms with E-state index in [1.807, 2.05) is 0 Å². The van der Waals surface area contributed by atoms with Crippen molar-refractivity contribution in [3.05, 3.63) is 42.1 Å². The van der Waals surface area contributed by atoms with Gasteiger partial charge in [0.05, 0.1) is 17.4 Å². The molecular weight excluding hydrogens is 368 g/mol. The highest BCUT2D eigenvalue weighted by molar-refractivity contribution is 8.14. The number of anilines is 1. The van der Waals surface area contributed by atoms with Crippen LogP contribution < -0.4 is 4.31 Å². The molecule has 1 amide bonds. The van der Waals surface area contributed by atoms with Crippen molar-refractivity contribution in [3.8, 4) is 0 Å². The molecule has 9 nitrogen and oxygen atoms in total. The number of aryl methyl sites for hydroxylation is 1. The number of amides is 1. The van der Waals surface area contributed by atoms with Gasteiger partial charge in [-0.2, -0.15) is 17.8 Å². The summed E-state index contributed by atoms with van der Waals surface area (Å²) in [6, 6.07) is 7.57. The third kappa shape index (κ3) is 3.20. The van der Waals surface area contributed by atoms with Gasteiger partial charge in [-0.3, -0.25) is 4.68 Å². The van der Waals surface area contributed by atoms with E-state index in [-0.39, 0.29) is 16.3 Å². The maximum atomic E-state index is 13.1. The SMILES string of the molecule is Cn1ncc(C2=NOCCS2)c1S(=O)(=O)N(C(=O)O)c1ccccc1. The molecule has 132 valence electrons. The van der Waals surface area contributed by atoms with Crippen molar-refractivity contribution in [3.63, 3.8) is 0 Å². The molecule has 1 N–H and O–H groups in total. The van der Waals surface area contributed by atoms with E-state index >= 15 is 0 Å². The van der Waals surface area contributed by atoms with Gasteiger partial charge in [-0.15, -0.1) is 0 Å². The summed E-state index contributed by atoms with van der Waals surface area (Å²) >= 11 is 1.32. The third-order valence-electron chi connectivity index (χ3n) is 3.32. The quantitative estimate of drug-likeness (QED) is 0.856. The normalized spacial score (nSPS) is 14.5. The van der Waals surface area contributed by atoms with Gasteiger partial charge in [0.2, 0.25) is 0 Å². The summed E-state index contributed by atoms with van der Waals surface area (Å²) in [6.07, 6.45) is -0.286. The zero-order chi connectivity index (χ0) is 18.0. The molecular formula is C14H14N4O5S2. The standard InChI is InChI=1S/C14H14N4O5S2/c1-17-13(11(9-15-17)12-16-23-7-8-24-12)25(21,22)18(14(19)20)10-5-3-2-4-6-10/h2-6,9H,7-8H2,1H3,(H,19,20). The summed E-state index contributed by atoms with van der Waals surface area (Å²) in [6.45, 7) is 0.418. The highest BCUT2D eigenvalue weighted by Gasteiger charge is 2.37. The summed E-state index contributed by atoms with van der Waals surface area (Å²) in [5.41, 5.74) is 0.214. The number of para-hydroxylation sites is 1. The number of carbonyl (C=O) groups is 1. The smallest absolute Gasteiger partial charge is 0.426 e. The number of hydrogen-bond acceptors (Lipinski definition) is 7. The number of thioether (sulfide) groups is 1. The highest BCUT2D eigenvalue weighted by atomic mass is 32.2. The third-order valence-corrected chi connectivity index (χ3v) is 6.08. The van der Waals surface area contributed by atoms with Gasteiger partial charge in [0, 0.05) is 12.8 Å². The predicted octanol–water partition coefficient (Wildman–Crippen LogP) is 1.72. The highest BCUT2D eigenvalue weighted by Crippen LogP contribution is 2.29. The van der Waals surface area contributed by atoms with E-state index in [0.717, 1.165) is 4.68 Å². The van der Waals surface area contributed by atoms with Gasteiger partial charge in [0.25, 0.3) is 10.0 Å². The molecule has 1 aromatic heterocycles. The summed E-state index contributed by atoms with van der Waals surface area (Å²) in [5, 5.41) is 17.4. The van der Waals surface area contributed by atoms with Crippen LogP contribution in [0.5, 0.6) is 0 Å². The van der Waals surface area contributed by atoms with Crippen molar-refractivity contribution < 1.29 is 23.2 Å².